The van der Waals surface area contributed by atoms with Crippen molar-refractivity contribution in [3.05, 3.63) is 29.8 Å². The number of halogens is 1. The van der Waals surface area contributed by atoms with Gasteiger partial charge in [-0.3, -0.25) is 0 Å². The minimum atomic E-state index is -3.11. The highest BCUT2D eigenvalue weighted by molar-refractivity contribution is 7.94. The Labute approximate surface area is 86.0 Å². The third kappa shape index (κ3) is 2.50. The van der Waals surface area contributed by atoms with Crippen molar-refractivity contribution in [3.63, 3.8) is 0 Å². The highest BCUT2D eigenvalue weighted by atomic mass is 32.2. The topological polar surface area (TPSA) is 72.0 Å². The second-order valence-electron chi connectivity index (χ2n) is 3.13. The van der Waals surface area contributed by atoms with Crippen LogP contribution in [0.1, 0.15) is 0 Å². The molecule has 1 aromatic heterocycles. The van der Waals surface area contributed by atoms with Crippen LogP contribution in [0.15, 0.2) is 23.9 Å². The van der Waals surface area contributed by atoms with Crippen molar-refractivity contribution in [1.29, 1.82) is 0 Å². The molecule has 80 valence electrons. The Bertz CT molecular complexity index is 500. The number of sulfone groups is 1. The molecule has 0 spiro atoms. The average Bonchev–Trinajstić information content (AvgIpc) is 2.45. The van der Waals surface area contributed by atoms with Gasteiger partial charge in [0, 0.05) is 11.5 Å². The van der Waals surface area contributed by atoms with Crippen molar-refractivity contribution in [3.8, 4) is 0 Å². The van der Waals surface area contributed by atoms with E-state index in [-0.39, 0.29) is 17.6 Å². The van der Waals surface area contributed by atoms with Crippen LogP contribution in [0.2, 0.25) is 0 Å². The summed E-state index contributed by atoms with van der Waals surface area (Å²) in [7, 11) is -3.11. The molecule has 1 atom stereocenters. The van der Waals surface area contributed by atoms with Crippen molar-refractivity contribution in [2.45, 2.75) is 6.04 Å². The van der Waals surface area contributed by atoms with E-state index in [1.807, 2.05) is 0 Å². The predicted molar refractivity (Wildman–Crippen MR) is 52.3 cm³/mol. The van der Waals surface area contributed by atoms with Gasteiger partial charge in [-0.1, -0.05) is 0 Å². The van der Waals surface area contributed by atoms with Crippen LogP contribution in [0.25, 0.3) is 0 Å². The molecule has 1 aliphatic rings. The second kappa shape index (κ2) is 3.58. The Hall–Kier alpha value is -1.50. The van der Waals surface area contributed by atoms with E-state index in [9.17, 15) is 12.8 Å². The third-order valence-electron chi connectivity index (χ3n) is 1.90. The number of hydrogen-bond donors (Lipinski definition) is 1. The summed E-state index contributed by atoms with van der Waals surface area (Å²) < 4.78 is 34.8. The predicted octanol–water partition coefficient (Wildman–Crippen LogP) is 0.338. The van der Waals surface area contributed by atoms with Crippen LogP contribution < -0.4 is 5.32 Å². The van der Waals surface area contributed by atoms with Gasteiger partial charge in [-0.2, -0.15) is 4.39 Å². The Morgan fingerprint density at radius 1 is 1.47 bits per heavy atom. The van der Waals surface area contributed by atoms with Crippen LogP contribution in [-0.4, -0.2) is 30.2 Å². The first-order valence-electron chi connectivity index (χ1n) is 4.20. The maximum absolute atomic E-state index is 12.7. The summed E-state index contributed by atoms with van der Waals surface area (Å²) in [6.07, 6.45) is 2.58. The molecule has 0 saturated heterocycles. The fourth-order valence-electron chi connectivity index (χ4n) is 1.27. The average molecular weight is 229 g/mol. The third-order valence-corrected chi connectivity index (χ3v) is 3.29. The summed E-state index contributed by atoms with van der Waals surface area (Å²) in [5.74, 6) is -0.412. The molecule has 15 heavy (non-hydrogen) atoms. The zero-order chi connectivity index (χ0) is 10.9. The molecule has 0 fully saturated rings. The maximum atomic E-state index is 12.7. The molecule has 2 rings (SSSR count). The van der Waals surface area contributed by atoms with Crippen LogP contribution in [-0.2, 0) is 9.84 Å². The van der Waals surface area contributed by atoms with Gasteiger partial charge in [-0.05, 0) is 6.08 Å². The quantitative estimate of drug-likeness (QED) is 0.740. The first kappa shape index (κ1) is 10.0. The van der Waals surface area contributed by atoms with E-state index in [0.717, 1.165) is 17.8 Å². The van der Waals surface area contributed by atoms with Crippen LogP contribution in [0.3, 0.4) is 0 Å². The Morgan fingerprint density at radius 3 is 2.87 bits per heavy atom. The van der Waals surface area contributed by atoms with E-state index in [1.165, 1.54) is 6.08 Å². The summed E-state index contributed by atoms with van der Waals surface area (Å²) >= 11 is 0. The summed E-state index contributed by atoms with van der Waals surface area (Å²) in [4.78, 5) is 7.05. The normalized spacial score (nSPS) is 22.9. The minimum Gasteiger partial charge on any atom is -0.363 e. The number of rotatable bonds is 2. The smallest absolute Gasteiger partial charge is 0.217 e. The molecule has 5 nitrogen and oxygen atoms in total. The maximum Gasteiger partial charge on any atom is 0.217 e. The first-order valence-corrected chi connectivity index (χ1v) is 5.92. The lowest BCUT2D eigenvalue weighted by Crippen LogP contribution is -2.21. The molecule has 1 aliphatic heterocycles. The lowest BCUT2D eigenvalue weighted by Gasteiger charge is -2.09. The van der Waals surface area contributed by atoms with E-state index >= 15 is 0 Å². The number of anilines is 1. The van der Waals surface area contributed by atoms with Gasteiger partial charge in [-0.15, -0.1) is 0 Å². The summed E-state index contributed by atoms with van der Waals surface area (Å²) in [5.41, 5.74) is 0. The number of nitrogens with zero attached hydrogens (tertiary/aromatic N) is 2. The summed E-state index contributed by atoms with van der Waals surface area (Å²) in [6, 6.07) is 0.753. The van der Waals surface area contributed by atoms with E-state index in [1.54, 1.807) is 0 Å². The molecule has 0 aliphatic carbocycles. The lowest BCUT2D eigenvalue weighted by molar-refractivity contribution is 0.580. The van der Waals surface area contributed by atoms with Gasteiger partial charge in [-0.25, -0.2) is 18.4 Å². The molecule has 0 radical (unpaired) electrons. The van der Waals surface area contributed by atoms with Gasteiger partial charge in [0.15, 0.2) is 9.84 Å². The molecule has 0 bridgehead atoms. The zero-order valence-corrected chi connectivity index (χ0v) is 8.41. The van der Waals surface area contributed by atoms with Gasteiger partial charge in [0.1, 0.15) is 12.1 Å². The van der Waals surface area contributed by atoms with Gasteiger partial charge >= 0.3 is 0 Å². The Morgan fingerprint density at radius 2 is 2.27 bits per heavy atom. The standard InChI is InChI=1S/C8H8FN3O2S/c9-7-3-8(11-5-10-7)12-6-1-2-15(13,14)4-6/h1-3,5-6H,4H2,(H,10,11,12). The first-order chi connectivity index (χ1) is 7.05. The van der Waals surface area contributed by atoms with Crippen LogP contribution in [0.5, 0.6) is 0 Å². The van der Waals surface area contributed by atoms with Crippen LogP contribution in [0.4, 0.5) is 10.2 Å². The van der Waals surface area contributed by atoms with Gasteiger partial charge < -0.3 is 5.32 Å². The largest absolute Gasteiger partial charge is 0.363 e. The number of aromatic nitrogens is 2. The monoisotopic (exact) mass is 229 g/mol. The van der Waals surface area contributed by atoms with E-state index in [0.29, 0.717) is 0 Å². The highest BCUT2D eigenvalue weighted by Crippen LogP contribution is 2.13. The molecule has 0 aromatic carbocycles. The minimum absolute atomic E-state index is 0.0291. The van der Waals surface area contributed by atoms with E-state index in [2.05, 4.69) is 15.3 Å². The molecule has 0 saturated carbocycles. The van der Waals surface area contributed by atoms with E-state index in [4.69, 9.17) is 0 Å². The lowest BCUT2D eigenvalue weighted by atomic mass is 10.3. The molecule has 7 heteroatoms. The Kier molecular flexibility index (Phi) is 2.39. The molecule has 2 heterocycles. The van der Waals surface area contributed by atoms with Gasteiger partial charge in [0.25, 0.3) is 0 Å². The molecule has 0 amide bonds. The van der Waals surface area contributed by atoms with E-state index < -0.39 is 15.8 Å². The summed E-state index contributed by atoms with van der Waals surface area (Å²) in [5, 5.41) is 3.92. The molecule has 1 N–H and O–H groups in total. The molecular formula is C8H8FN3O2S. The van der Waals surface area contributed by atoms with Crippen LogP contribution >= 0.6 is 0 Å². The Balaban J connectivity index is 2.09. The number of hydrogen-bond acceptors (Lipinski definition) is 5. The van der Waals surface area contributed by atoms with Crippen LogP contribution in [0, 0.1) is 5.95 Å². The summed E-state index contributed by atoms with van der Waals surface area (Å²) in [6.45, 7) is 0. The fourth-order valence-corrected chi connectivity index (χ4v) is 2.50. The van der Waals surface area contributed by atoms with Gasteiger partial charge in [0.2, 0.25) is 5.95 Å². The fraction of sp³-hybridized carbons (Fsp3) is 0.250. The van der Waals surface area contributed by atoms with Crippen molar-refractivity contribution in [2.24, 2.45) is 0 Å². The highest BCUT2D eigenvalue weighted by Gasteiger charge is 2.21. The van der Waals surface area contributed by atoms with Crippen molar-refractivity contribution < 1.29 is 12.8 Å². The number of nitrogens with one attached hydrogen (secondary N) is 1. The molecular weight excluding hydrogens is 221 g/mol. The van der Waals surface area contributed by atoms with Crippen molar-refractivity contribution in [1.82, 2.24) is 9.97 Å². The molecule has 1 unspecified atom stereocenters. The van der Waals surface area contributed by atoms with Crippen molar-refractivity contribution >= 4 is 15.7 Å². The van der Waals surface area contributed by atoms with Crippen molar-refractivity contribution in [2.75, 3.05) is 11.1 Å². The second-order valence-corrected chi connectivity index (χ2v) is 5.07. The SMILES string of the molecule is O=S1(=O)C=CC(Nc2cc(F)ncn2)C1. The van der Waals surface area contributed by atoms with Gasteiger partial charge in [0.05, 0.1) is 11.8 Å². The molecule has 1 aromatic rings. The zero-order valence-electron chi connectivity index (χ0n) is 7.59.